The number of hydrogen-bond acceptors (Lipinski definition) is 3. The van der Waals surface area contributed by atoms with Crippen molar-refractivity contribution in [3.05, 3.63) is 35.9 Å². The molecule has 5 heteroatoms. The van der Waals surface area contributed by atoms with Gasteiger partial charge in [0, 0.05) is 25.6 Å². The number of nitrogens with zero attached hydrogens (tertiary/aromatic N) is 1. The molecule has 1 aliphatic rings. The molecular formula is C18H27N3O2. The number of benzene rings is 1. The van der Waals surface area contributed by atoms with Crippen molar-refractivity contribution in [3.8, 4) is 0 Å². The highest BCUT2D eigenvalue weighted by atomic mass is 16.2. The van der Waals surface area contributed by atoms with E-state index in [2.05, 4.69) is 5.32 Å². The minimum absolute atomic E-state index is 0.0247. The van der Waals surface area contributed by atoms with Gasteiger partial charge in [-0.05, 0) is 31.2 Å². The monoisotopic (exact) mass is 317 g/mol. The van der Waals surface area contributed by atoms with E-state index in [1.807, 2.05) is 37.3 Å². The standard InChI is InChI=1S/C18H27N3O2/c1-2-7-17(22)20-15-10-6-11-21(13-15)18(23)16(19)12-14-8-4-3-5-9-14/h3-5,8-9,15-16H,2,6-7,10-13,19H2,1H3,(H,20,22)/t15?,16-/m0/s1. The van der Waals surface area contributed by atoms with Gasteiger partial charge in [0.15, 0.2) is 0 Å². The fraction of sp³-hybridized carbons (Fsp3) is 0.556. The normalized spacial score (nSPS) is 19.2. The summed E-state index contributed by atoms with van der Waals surface area (Å²) in [7, 11) is 0. The molecule has 0 saturated carbocycles. The Morgan fingerprint density at radius 3 is 2.78 bits per heavy atom. The van der Waals surface area contributed by atoms with Crippen molar-refractivity contribution in [2.45, 2.75) is 51.1 Å². The lowest BCUT2D eigenvalue weighted by Crippen LogP contribution is -2.53. The highest BCUT2D eigenvalue weighted by Gasteiger charge is 2.27. The Kier molecular flexibility index (Phi) is 6.59. The van der Waals surface area contributed by atoms with Gasteiger partial charge in [-0.25, -0.2) is 0 Å². The van der Waals surface area contributed by atoms with E-state index < -0.39 is 6.04 Å². The van der Waals surface area contributed by atoms with Gasteiger partial charge in [0.05, 0.1) is 6.04 Å². The lowest BCUT2D eigenvalue weighted by molar-refractivity contribution is -0.134. The quantitative estimate of drug-likeness (QED) is 0.834. The van der Waals surface area contributed by atoms with Gasteiger partial charge in [-0.3, -0.25) is 9.59 Å². The first-order valence-corrected chi connectivity index (χ1v) is 8.47. The van der Waals surface area contributed by atoms with Crippen LogP contribution in [0.5, 0.6) is 0 Å². The van der Waals surface area contributed by atoms with Gasteiger partial charge in [0.25, 0.3) is 0 Å². The molecule has 1 heterocycles. The van der Waals surface area contributed by atoms with Gasteiger partial charge in [-0.1, -0.05) is 37.3 Å². The zero-order valence-corrected chi connectivity index (χ0v) is 13.8. The molecule has 1 aliphatic heterocycles. The van der Waals surface area contributed by atoms with Crippen LogP contribution in [-0.2, 0) is 16.0 Å². The Bertz CT molecular complexity index is 518. The SMILES string of the molecule is CCCC(=O)NC1CCCN(C(=O)[C@@H](N)Cc2ccccc2)C1. The number of rotatable bonds is 6. The minimum Gasteiger partial charge on any atom is -0.352 e. The average Bonchev–Trinajstić information content (AvgIpc) is 2.55. The highest BCUT2D eigenvalue weighted by molar-refractivity contribution is 5.82. The van der Waals surface area contributed by atoms with Crippen LogP contribution in [0.3, 0.4) is 0 Å². The first kappa shape index (κ1) is 17.5. The second-order valence-electron chi connectivity index (χ2n) is 6.24. The molecular weight excluding hydrogens is 290 g/mol. The van der Waals surface area contributed by atoms with Crippen LogP contribution in [0.2, 0.25) is 0 Å². The van der Waals surface area contributed by atoms with Gasteiger partial charge in [0.1, 0.15) is 0 Å². The van der Waals surface area contributed by atoms with E-state index in [0.29, 0.717) is 19.4 Å². The molecule has 0 spiro atoms. The van der Waals surface area contributed by atoms with Crippen molar-refractivity contribution in [1.82, 2.24) is 10.2 Å². The summed E-state index contributed by atoms with van der Waals surface area (Å²) in [6, 6.07) is 9.34. The molecule has 5 nitrogen and oxygen atoms in total. The van der Waals surface area contributed by atoms with Gasteiger partial charge in [0.2, 0.25) is 11.8 Å². The Morgan fingerprint density at radius 1 is 1.35 bits per heavy atom. The van der Waals surface area contributed by atoms with E-state index in [-0.39, 0.29) is 17.9 Å². The molecule has 0 aliphatic carbocycles. The van der Waals surface area contributed by atoms with Crippen LogP contribution in [0.25, 0.3) is 0 Å². The van der Waals surface area contributed by atoms with Crippen molar-refractivity contribution in [2.24, 2.45) is 5.73 Å². The Balaban J connectivity index is 1.87. The topological polar surface area (TPSA) is 75.4 Å². The third kappa shape index (κ3) is 5.36. The van der Waals surface area contributed by atoms with E-state index in [4.69, 9.17) is 5.73 Å². The molecule has 3 N–H and O–H groups in total. The zero-order chi connectivity index (χ0) is 16.7. The number of amides is 2. The van der Waals surface area contributed by atoms with E-state index in [0.717, 1.165) is 31.4 Å². The minimum atomic E-state index is -0.525. The first-order valence-electron chi connectivity index (χ1n) is 8.47. The third-order valence-electron chi connectivity index (χ3n) is 4.19. The summed E-state index contributed by atoms with van der Waals surface area (Å²) < 4.78 is 0. The maximum Gasteiger partial charge on any atom is 0.239 e. The van der Waals surface area contributed by atoms with Crippen molar-refractivity contribution < 1.29 is 9.59 Å². The number of nitrogens with two attached hydrogens (primary N) is 1. The number of carbonyl (C=O) groups is 2. The van der Waals surface area contributed by atoms with Crippen molar-refractivity contribution in [2.75, 3.05) is 13.1 Å². The van der Waals surface area contributed by atoms with Crippen molar-refractivity contribution >= 4 is 11.8 Å². The maximum atomic E-state index is 12.5. The smallest absolute Gasteiger partial charge is 0.239 e. The highest BCUT2D eigenvalue weighted by Crippen LogP contribution is 2.13. The van der Waals surface area contributed by atoms with Crippen LogP contribution >= 0.6 is 0 Å². The summed E-state index contributed by atoms with van der Waals surface area (Å²) in [4.78, 5) is 26.1. The Hall–Kier alpha value is -1.88. The molecule has 1 fully saturated rings. The number of piperidine rings is 1. The molecule has 0 radical (unpaired) electrons. The fourth-order valence-electron chi connectivity index (χ4n) is 3.01. The Morgan fingerprint density at radius 2 is 2.09 bits per heavy atom. The molecule has 2 atom stereocenters. The van der Waals surface area contributed by atoms with Gasteiger partial charge < -0.3 is 16.0 Å². The van der Waals surface area contributed by atoms with E-state index in [1.165, 1.54) is 0 Å². The molecule has 1 aromatic rings. The van der Waals surface area contributed by atoms with Gasteiger partial charge >= 0.3 is 0 Å². The Labute approximate surface area is 138 Å². The number of nitrogens with one attached hydrogen (secondary N) is 1. The van der Waals surface area contributed by atoms with E-state index in [1.54, 1.807) is 4.90 Å². The lowest BCUT2D eigenvalue weighted by atomic mass is 10.0. The summed E-state index contributed by atoms with van der Waals surface area (Å²) in [5, 5.41) is 3.02. The molecule has 0 aromatic heterocycles. The lowest BCUT2D eigenvalue weighted by Gasteiger charge is -2.34. The molecule has 2 amide bonds. The third-order valence-corrected chi connectivity index (χ3v) is 4.19. The number of likely N-dealkylation sites (tertiary alicyclic amines) is 1. The molecule has 1 saturated heterocycles. The van der Waals surface area contributed by atoms with Crippen LogP contribution in [0, 0.1) is 0 Å². The second kappa shape index (κ2) is 8.67. The van der Waals surface area contributed by atoms with Crippen molar-refractivity contribution in [1.29, 1.82) is 0 Å². The molecule has 1 aromatic carbocycles. The summed E-state index contributed by atoms with van der Waals surface area (Å²) in [5.74, 6) is 0.0451. The predicted molar refractivity (Wildman–Crippen MR) is 90.8 cm³/mol. The molecule has 2 rings (SSSR count). The molecule has 23 heavy (non-hydrogen) atoms. The van der Waals surface area contributed by atoms with Crippen molar-refractivity contribution in [3.63, 3.8) is 0 Å². The second-order valence-corrected chi connectivity index (χ2v) is 6.24. The largest absolute Gasteiger partial charge is 0.352 e. The number of hydrogen-bond donors (Lipinski definition) is 2. The molecule has 1 unspecified atom stereocenters. The molecule has 0 bridgehead atoms. The zero-order valence-electron chi connectivity index (χ0n) is 13.8. The summed E-state index contributed by atoms with van der Waals surface area (Å²) in [6.45, 7) is 3.27. The van der Waals surface area contributed by atoms with Crippen LogP contribution in [0.1, 0.15) is 38.2 Å². The van der Waals surface area contributed by atoms with Crippen LogP contribution in [-0.4, -0.2) is 41.9 Å². The van der Waals surface area contributed by atoms with E-state index >= 15 is 0 Å². The number of carbonyl (C=O) groups excluding carboxylic acids is 2. The summed E-state index contributed by atoms with van der Waals surface area (Å²) in [5.41, 5.74) is 7.16. The van der Waals surface area contributed by atoms with Gasteiger partial charge in [-0.2, -0.15) is 0 Å². The van der Waals surface area contributed by atoms with E-state index in [9.17, 15) is 9.59 Å². The van der Waals surface area contributed by atoms with Gasteiger partial charge in [-0.15, -0.1) is 0 Å². The fourth-order valence-corrected chi connectivity index (χ4v) is 3.01. The predicted octanol–water partition coefficient (Wildman–Crippen LogP) is 1.46. The van der Waals surface area contributed by atoms with Crippen LogP contribution in [0.15, 0.2) is 30.3 Å². The average molecular weight is 317 g/mol. The first-order chi connectivity index (χ1) is 11.1. The van der Waals surface area contributed by atoms with Crippen LogP contribution < -0.4 is 11.1 Å². The summed E-state index contributed by atoms with van der Waals surface area (Å²) >= 11 is 0. The molecule has 126 valence electrons. The summed E-state index contributed by atoms with van der Waals surface area (Å²) in [6.07, 6.45) is 3.75. The maximum absolute atomic E-state index is 12.5. The van der Waals surface area contributed by atoms with Crippen LogP contribution in [0.4, 0.5) is 0 Å².